The fraction of sp³-hybridized carbons (Fsp3) is 0.348. The molecule has 0 unspecified atom stereocenters. The average Bonchev–Trinajstić information content (AvgIpc) is 2.86. The van der Waals surface area contributed by atoms with Gasteiger partial charge in [-0.2, -0.15) is 9.40 Å². The first-order chi connectivity index (χ1) is 16.4. The van der Waals surface area contributed by atoms with Gasteiger partial charge in [-0.3, -0.25) is 9.59 Å². The molecule has 1 aromatic heterocycles. The molecule has 2 heterocycles. The van der Waals surface area contributed by atoms with Gasteiger partial charge < -0.3 is 14.8 Å². The first-order valence-electron chi connectivity index (χ1n) is 10.9. The normalized spacial score (nSPS) is 14.8. The lowest BCUT2D eigenvalue weighted by molar-refractivity contribution is 0.0730. The van der Waals surface area contributed by atoms with E-state index in [9.17, 15) is 18.0 Å². The highest BCUT2D eigenvalue weighted by Gasteiger charge is 2.27. The molecule has 4 rings (SSSR count). The van der Waals surface area contributed by atoms with E-state index in [1.54, 1.807) is 24.3 Å². The van der Waals surface area contributed by atoms with Gasteiger partial charge in [0.1, 0.15) is 5.75 Å². The SMILES string of the molecule is CCCn1nc(C(=O)Nc2cc(S(=O)(=O)N3CCOCC3)ccc2OC)c2ccccc2c1=O. The van der Waals surface area contributed by atoms with Crippen LogP contribution in [0.3, 0.4) is 0 Å². The Balaban J connectivity index is 1.74. The Morgan fingerprint density at radius 2 is 1.85 bits per heavy atom. The van der Waals surface area contributed by atoms with Crippen molar-refractivity contribution in [1.82, 2.24) is 14.1 Å². The number of carbonyl (C=O) groups excluding carboxylic acids is 1. The van der Waals surface area contributed by atoms with Crippen molar-refractivity contribution in [1.29, 1.82) is 0 Å². The van der Waals surface area contributed by atoms with Crippen LogP contribution in [-0.4, -0.2) is 61.8 Å². The third-order valence-electron chi connectivity index (χ3n) is 5.55. The summed E-state index contributed by atoms with van der Waals surface area (Å²) < 4.78 is 39.4. The molecule has 0 bridgehead atoms. The molecule has 1 amide bonds. The monoisotopic (exact) mass is 486 g/mol. The number of nitrogens with zero attached hydrogens (tertiary/aromatic N) is 3. The number of rotatable bonds is 7. The number of hydrogen-bond donors (Lipinski definition) is 1. The van der Waals surface area contributed by atoms with Crippen molar-refractivity contribution in [2.45, 2.75) is 24.8 Å². The van der Waals surface area contributed by atoms with Crippen LogP contribution in [0.4, 0.5) is 5.69 Å². The molecule has 1 aliphatic heterocycles. The van der Waals surface area contributed by atoms with Crippen molar-refractivity contribution in [2.75, 3.05) is 38.7 Å². The second-order valence-corrected chi connectivity index (χ2v) is 9.69. The summed E-state index contributed by atoms with van der Waals surface area (Å²) in [6, 6.07) is 11.1. The topological polar surface area (TPSA) is 120 Å². The molecule has 1 N–H and O–H groups in total. The highest BCUT2D eigenvalue weighted by atomic mass is 32.2. The van der Waals surface area contributed by atoms with Crippen LogP contribution in [0, 0.1) is 0 Å². The molecular weight excluding hydrogens is 460 g/mol. The van der Waals surface area contributed by atoms with Gasteiger partial charge >= 0.3 is 0 Å². The highest BCUT2D eigenvalue weighted by molar-refractivity contribution is 7.89. The first kappa shape index (κ1) is 23.9. The minimum Gasteiger partial charge on any atom is -0.495 e. The largest absolute Gasteiger partial charge is 0.495 e. The van der Waals surface area contributed by atoms with Crippen LogP contribution < -0.4 is 15.6 Å². The van der Waals surface area contributed by atoms with Crippen molar-refractivity contribution in [2.24, 2.45) is 0 Å². The number of amides is 1. The zero-order valence-electron chi connectivity index (χ0n) is 19.0. The van der Waals surface area contributed by atoms with E-state index in [1.165, 1.54) is 34.3 Å². The van der Waals surface area contributed by atoms with E-state index < -0.39 is 15.9 Å². The van der Waals surface area contributed by atoms with Crippen molar-refractivity contribution in [3.8, 4) is 5.75 Å². The van der Waals surface area contributed by atoms with Gasteiger partial charge in [0.25, 0.3) is 11.5 Å². The highest BCUT2D eigenvalue weighted by Crippen LogP contribution is 2.30. The molecule has 0 spiro atoms. The zero-order chi connectivity index (χ0) is 24.3. The summed E-state index contributed by atoms with van der Waals surface area (Å²) in [5.41, 5.74) is -0.0294. The predicted molar refractivity (Wildman–Crippen MR) is 127 cm³/mol. The van der Waals surface area contributed by atoms with Gasteiger partial charge in [0.05, 0.1) is 36.3 Å². The number of nitrogens with one attached hydrogen (secondary N) is 1. The minimum absolute atomic E-state index is 0.0271. The molecule has 1 fully saturated rings. The third-order valence-corrected chi connectivity index (χ3v) is 7.44. The van der Waals surface area contributed by atoms with E-state index in [1.807, 2.05) is 6.92 Å². The second-order valence-electron chi connectivity index (χ2n) is 7.76. The second kappa shape index (κ2) is 9.92. The van der Waals surface area contributed by atoms with E-state index in [2.05, 4.69) is 10.4 Å². The lowest BCUT2D eigenvalue weighted by atomic mass is 10.1. The Kier molecular flexibility index (Phi) is 6.96. The van der Waals surface area contributed by atoms with E-state index in [0.717, 1.165) is 0 Å². The van der Waals surface area contributed by atoms with Crippen LogP contribution in [0.25, 0.3) is 10.8 Å². The molecule has 11 heteroatoms. The molecule has 34 heavy (non-hydrogen) atoms. The summed E-state index contributed by atoms with van der Waals surface area (Å²) in [5, 5.41) is 7.81. The fourth-order valence-corrected chi connectivity index (χ4v) is 5.26. The van der Waals surface area contributed by atoms with E-state index in [4.69, 9.17) is 9.47 Å². The van der Waals surface area contributed by atoms with Crippen LogP contribution in [0.1, 0.15) is 23.8 Å². The molecule has 2 aromatic carbocycles. The Labute approximate surface area is 197 Å². The number of aryl methyl sites for hydroxylation is 1. The summed E-state index contributed by atoms with van der Waals surface area (Å²) >= 11 is 0. The van der Waals surface area contributed by atoms with Crippen LogP contribution in [0.2, 0.25) is 0 Å². The molecule has 180 valence electrons. The van der Waals surface area contributed by atoms with Crippen LogP contribution in [-0.2, 0) is 21.3 Å². The minimum atomic E-state index is -3.78. The number of aromatic nitrogens is 2. The Bertz CT molecular complexity index is 1380. The number of anilines is 1. The standard InChI is InChI=1S/C23H26N4O6S/c1-3-10-27-23(29)18-7-5-4-6-17(18)21(25-27)22(28)24-19-15-16(8-9-20(19)32-2)34(30,31)26-11-13-33-14-12-26/h4-9,15H,3,10-14H2,1-2H3,(H,24,28). The number of benzene rings is 2. The van der Waals surface area contributed by atoms with Gasteiger partial charge in [-0.25, -0.2) is 13.1 Å². The van der Waals surface area contributed by atoms with Gasteiger partial charge in [-0.1, -0.05) is 25.1 Å². The summed E-state index contributed by atoms with van der Waals surface area (Å²) in [7, 11) is -2.35. The first-order valence-corrected chi connectivity index (χ1v) is 12.4. The van der Waals surface area contributed by atoms with E-state index >= 15 is 0 Å². The lowest BCUT2D eigenvalue weighted by Crippen LogP contribution is -2.40. The molecule has 0 aliphatic carbocycles. The maximum Gasteiger partial charge on any atom is 0.276 e. The van der Waals surface area contributed by atoms with E-state index in [-0.39, 0.29) is 34.9 Å². The summed E-state index contributed by atoms with van der Waals surface area (Å²) in [6.45, 7) is 3.43. The number of carbonyl (C=O) groups is 1. The Hall–Kier alpha value is -3.28. The molecule has 10 nitrogen and oxygen atoms in total. The van der Waals surface area contributed by atoms with E-state index in [0.29, 0.717) is 42.7 Å². The zero-order valence-corrected chi connectivity index (χ0v) is 19.8. The van der Waals surface area contributed by atoms with Gasteiger partial charge in [0.15, 0.2) is 5.69 Å². The number of sulfonamides is 1. The maximum atomic E-state index is 13.3. The van der Waals surface area contributed by atoms with Crippen LogP contribution in [0.15, 0.2) is 52.2 Å². The maximum absolute atomic E-state index is 13.3. The Morgan fingerprint density at radius 1 is 1.15 bits per heavy atom. The van der Waals surface area contributed by atoms with Crippen LogP contribution >= 0.6 is 0 Å². The molecule has 0 saturated carbocycles. The molecule has 1 aliphatic rings. The molecule has 3 aromatic rings. The van der Waals surface area contributed by atoms with Crippen molar-refractivity contribution in [3.63, 3.8) is 0 Å². The number of hydrogen-bond acceptors (Lipinski definition) is 7. The number of fused-ring (bicyclic) bond motifs is 1. The summed E-state index contributed by atoms with van der Waals surface area (Å²) in [4.78, 5) is 26.1. The number of morpholine rings is 1. The third kappa shape index (κ3) is 4.54. The number of ether oxygens (including phenoxy) is 2. The molecular formula is C23H26N4O6S. The van der Waals surface area contributed by atoms with Crippen molar-refractivity contribution in [3.05, 3.63) is 58.5 Å². The molecule has 0 radical (unpaired) electrons. The summed E-state index contributed by atoms with van der Waals surface area (Å²) in [5.74, 6) is -0.291. The quantitative estimate of drug-likeness (QED) is 0.543. The van der Waals surface area contributed by atoms with Crippen LogP contribution in [0.5, 0.6) is 5.75 Å². The lowest BCUT2D eigenvalue weighted by Gasteiger charge is -2.26. The van der Waals surface area contributed by atoms with Crippen molar-refractivity contribution < 1.29 is 22.7 Å². The van der Waals surface area contributed by atoms with Gasteiger partial charge in [0.2, 0.25) is 10.0 Å². The summed E-state index contributed by atoms with van der Waals surface area (Å²) in [6.07, 6.45) is 0.668. The average molecular weight is 487 g/mol. The molecule has 1 saturated heterocycles. The predicted octanol–water partition coefficient (Wildman–Crippen LogP) is 2.09. The Morgan fingerprint density at radius 3 is 2.53 bits per heavy atom. The van der Waals surface area contributed by atoms with Crippen molar-refractivity contribution >= 4 is 32.4 Å². The van der Waals surface area contributed by atoms with Gasteiger partial charge in [0, 0.05) is 25.0 Å². The number of methoxy groups -OCH3 is 1. The smallest absolute Gasteiger partial charge is 0.276 e. The molecule has 0 atom stereocenters. The fourth-order valence-electron chi connectivity index (χ4n) is 3.83. The van der Waals surface area contributed by atoms with Gasteiger partial charge in [-0.15, -0.1) is 0 Å². The van der Waals surface area contributed by atoms with Gasteiger partial charge in [-0.05, 0) is 30.7 Å².